The van der Waals surface area contributed by atoms with E-state index in [-0.39, 0.29) is 11.6 Å². The van der Waals surface area contributed by atoms with Gasteiger partial charge in [-0.15, -0.1) is 0 Å². The number of hydrogen-bond acceptors (Lipinski definition) is 3. The van der Waals surface area contributed by atoms with Gasteiger partial charge in [-0.2, -0.15) is 5.10 Å². The Labute approximate surface area is 119 Å². The molecule has 1 aromatic carbocycles. The minimum atomic E-state index is -0.226. The molecule has 2 aromatic rings. The highest BCUT2D eigenvalue weighted by atomic mass is 16.1. The van der Waals surface area contributed by atoms with Crippen LogP contribution in [-0.2, 0) is 13.0 Å². The topological polar surface area (TPSA) is 60.9 Å². The van der Waals surface area contributed by atoms with Crippen LogP contribution < -0.4 is 11.3 Å². The van der Waals surface area contributed by atoms with Gasteiger partial charge in [-0.25, -0.2) is 4.68 Å². The Kier molecular flexibility index (Phi) is 4.69. The van der Waals surface area contributed by atoms with Crippen LogP contribution in [0.15, 0.2) is 47.4 Å². The molecule has 1 atom stereocenters. The van der Waals surface area contributed by atoms with Gasteiger partial charge in [0.1, 0.15) is 0 Å². The highest BCUT2D eigenvalue weighted by Gasteiger charge is 2.08. The summed E-state index contributed by atoms with van der Waals surface area (Å²) < 4.78 is 1.40. The fraction of sp³-hybridized carbons (Fsp3) is 0.375. The molecule has 20 heavy (non-hydrogen) atoms. The Morgan fingerprint density at radius 1 is 1.20 bits per heavy atom. The Balaban J connectivity index is 2.08. The van der Waals surface area contributed by atoms with E-state index in [2.05, 4.69) is 31.1 Å². The number of rotatable bonds is 5. The molecule has 4 heteroatoms. The van der Waals surface area contributed by atoms with E-state index in [0.29, 0.717) is 12.5 Å². The molecule has 0 aliphatic heterocycles. The Hall–Kier alpha value is -1.94. The second-order valence-corrected chi connectivity index (χ2v) is 5.49. The van der Waals surface area contributed by atoms with Crippen molar-refractivity contribution in [2.45, 2.75) is 32.9 Å². The number of benzene rings is 1. The van der Waals surface area contributed by atoms with Crippen LogP contribution in [0.25, 0.3) is 0 Å². The molecular weight excluding hydrogens is 250 g/mol. The van der Waals surface area contributed by atoms with Crippen molar-refractivity contribution in [3.05, 3.63) is 64.1 Å². The number of nitrogens with zero attached hydrogens (tertiary/aromatic N) is 2. The average molecular weight is 271 g/mol. The summed E-state index contributed by atoms with van der Waals surface area (Å²) in [5.41, 5.74) is 8.36. The molecule has 0 aliphatic rings. The third kappa shape index (κ3) is 3.78. The summed E-state index contributed by atoms with van der Waals surface area (Å²) in [4.78, 5) is 11.6. The third-order valence-electron chi connectivity index (χ3n) is 3.21. The van der Waals surface area contributed by atoms with Gasteiger partial charge >= 0.3 is 0 Å². The van der Waals surface area contributed by atoms with Gasteiger partial charge < -0.3 is 5.73 Å². The standard InChI is InChI=1S/C16H21N3O/c1-12(2)10-13-5-7-14(8-6-13)15(17)11-19-16(20)4-3-9-18-19/h3-9,12,15H,10-11,17H2,1-2H3. The van der Waals surface area contributed by atoms with Crippen LogP contribution in [0.4, 0.5) is 0 Å². The lowest BCUT2D eigenvalue weighted by Gasteiger charge is -2.14. The molecule has 2 rings (SSSR count). The lowest BCUT2D eigenvalue weighted by Crippen LogP contribution is -2.27. The largest absolute Gasteiger partial charge is 0.322 e. The maximum atomic E-state index is 11.6. The van der Waals surface area contributed by atoms with Gasteiger partial charge in [-0.1, -0.05) is 38.1 Å². The minimum absolute atomic E-state index is 0.126. The maximum absolute atomic E-state index is 11.6. The first-order valence-electron chi connectivity index (χ1n) is 6.93. The van der Waals surface area contributed by atoms with Crippen molar-refractivity contribution in [1.29, 1.82) is 0 Å². The van der Waals surface area contributed by atoms with Crippen LogP contribution >= 0.6 is 0 Å². The lowest BCUT2D eigenvalue weighted by molar-refractivity contribution is 0.503. The van der Waals surface area contributed by atoms with Crippen molar-refractivity contribution in [2.75, 3.05) is 0 Å². The predicted molar refractivity (Wildman–Crippen MR) is 80.4 cm³/mol. The lowest BCUT2D eigenvalue weighted by atomic mass is 10.00. The van der Waals surface area contributed by atoms with E-state index in [1.807, 2.05) is 12.1 Å². The van der Waals surface area contributed by atoms with Gasteiger partial charge in [-0.05, 0) is 29.5 Å². The molecule has 0 spiro atoms. The molecule has 0 saturated heterocycles. The molecule has 2 N–H and O–H groups in total. The SMILES string of the molecule is CC(C)Cc1ccc(C(N)Cn2ncccc2=O)cc1. The maximum Gasteiger partial charge on any atom is 0.266 e. The number of nitrogens with two attached hydrogens (primary N) is 1. The molecule has 0 bridgehead atoms. The summed E-state index contributed by atoms with van der Waals surface area (Å²) >= 11 is 0. The number of hydrogen-bond donors (Lipinski definition) is 1. The van der Waals surface area contributed by atoms with Crippen molar-refractivity contribution < 1.29 is 0 Å². The zero-order valence-corrected chi connectivity index (χ0v) is 12.0. The normalized spacial score (nSPS) is 12.6. The quantitative estimate of drug-likeness (QED) is 0.906. The van der Waals surface area contributed by atoms with Gasteiger partial charge in [0.15, 0.2) is 0 Å². The van der Waals surface area contributed by atoms with E-state index >= 15 is 0 Å². The van der Waals surface area contributed by atoms with Crippen LogP contribution in [0, 0.1) is 5.92 Å². The van der Waals surface area contributed by atoms with Gasteiger partial charge in [0.2, 0.25) is 0 Å². The van der Waals surface area contributed by atoms with E-state index < -0.39 is 0 Å². The summed E-state index contributed by atoms with van der Waals surface area (Å²) in [6.07, 6.45) is 2.66. The summed E-state index contributed by atoms with van der Waals surface area (Å²) in [5.74, 6) is 0.640. The second-order valence-electron chi connectivity index (χ2n) is 5.49. The fourth-order valence-corrected chi connectivity index (χ4v) is 2.19. The van der Waals surface area contributed by atoms with E-state index in [1.54, 1.807) is 12.3 Å². The zero-order valence-electron chi connectivity index (χ0n) is 12.0. The molecule has 0 radical (unpaired) electrons. The molecule has 0 saturated carbocycles. The summed E-state index contributed by atoms with van der Waals surface area (Å²) in [5, 5.41) is 4.02. The van der Waals surface area contributed by atoms with Gasteiger partial charge in [0.05, 0.1) is 6.54 Å². The van der Waals surface area contributed by atoms with Crippen LogP contribution in [0.5, 0.6) is 0 Å². The third-order valence-corrected chi connectivity index (χ3v) is 3.21. The highest BCUT2D eigenvalue weighted by Crippen LogP contribution is 2.15. The molecule has 0 aliphatic carbocycles. The first-order chi connectivity index (χ1) is 9.56. The van der Waals surface area contributed by atoms with Crippen molar-refractivity contribution in [3.63, 3.8) is 0 Å². The average Bonchev–Trinajstić information content (AvgIpc) is 2.41. The molecule has 4 nitrogen and oxygen atoms in total. The molecule has 1 aromatic heterocycles. The van der Waals surface area contributed by atoms with Crippen molar-refractivity contribution >= 4 is 0 Å². The Bertz CT molecular complexity index is 602. The van der Waals surface area contributed by atoms with Crippen LogP contribution in [0.2, 0.25) is 0 Å². The van der Waals surface area contributed by atoms with Gasteiger partial charge in [0, 0.05) is 18.3 Å². The summed E-state index contributed by atoms with van der Waals surface area (Å²) in [6, 6.07) is 11.2. The predicted octanol–water partition coefficient (Wildman–Crippen LogP) is 2.14. The van der Waals surface area contributed by atoms with Crippen LogP contribution in [-0.4, -0.2) is 9.78 Å². The molecular formula is C16H21N3O. The van der Waals surface area contributed by atoms with Gasteiger partial charge in [-0.3, -0.25) is 4.79 Å². The van der Waals surface area contributed by atoms with E-state index in [9.17, 15) is 4.79 Å². The first-order valence-corrected chi connectivity index (χ1v) is 6.93. The fourth-order valence-electron chi connectivity index (χ4n) is 2.19. The number of aromatic nitrogens is 2. The van der Waals surface area contributed by atoms with Crippen LogP contribution in [0.1, 0.15) is 31.0 Å². The minimum Gasteiger partial charge on any atom is -0.322 e. The van der Waals surface area contributed by atoms with E-state index in [1.165, 1.54) is 16.3 Å². The van der Waals surface area contributed by atoms with E-state index in [4.69, 9.17) is 5.73 Å². The van der Waals surface area contributed by atoms with Crippen molar-refractivity contribution in [1.82, 2.24) is 9.78 Å². The smallest absolute Gasteiger partial charge is 0.266 e. The molecule has 0 amide bonds. The molecule has 0 fully saturated rings. The van der Waals surface area contributed by atoms with E-state index in [0.717, 1.165) is 12.0 Å². The summed E-state index contributed by atoms with van der Waals surface area (Å²) in [6.45, 7) is 4.80. The zero-order chi connectivity index (χ0) is 14.5. The molecule has 1 unspecified atom stereocenters. The van der Waals surface area contributed by atoms with Crippen molar-refractivity contribution in [3.8, 4) is 0 Å². The second kappa shape index (κ2) is 6.48. The Morgan fingerprint density at radius 3 is 2.50 bits per heavy atom. The molecule has 1 heterocycles. The van der Waals surface area contributed by atoms with Crippen LogP contribution in [0.3, 0.4) is 0 Å². The summed E-state index contributed by atoms with van der Waals surface area (Å²) in [7, 11) is 0. The Morgan fingerprint density at radius 2 is 1.90 bits per heavy atom. The monoisotopic (exact) mass is 271 g/mol. The first kappa shape index (κ1) is 14.5. The van der Waals surface area contributed by atoms with Gasteiger partial charge in [0.25, 0.3) is 5.56 Å². The highest BCUT2D eigenvalue weighted by molar-refractivity contribution is 5.25. The van der Waals surface area contributed by atoms with Crippen molar-refractivity contribution in [2.24, 2.45) is 11.7 Å². The molecule has 106 valence electrons.